The van der Waals surface area contributed by atoms with Gasteiger partial charge in [0, 0.05) is 5.38 Å². The minimum absolute atomic E-state index is 0.00963. The lowest BCUT2D eigenvalue weighted by Crippen LogP contribution is -2.12. The predicted molar refractivity (Wildman–Crippen MR) is 66.2 cm³/mol. The lowest BCUT2D eigenvalue weighted by atomic mass is 10.3. The Kier molecular flexibility index (Phi) is 2.45. The summed E-state index contributed by atoms with van der Waals surface area (Å²) in [4.78, 5) is 20.4. The van der Waals surface area contributed by atoms with Crippen molar-refractivity contribution in [2.75, 3.05) is 0 Å². The highest BCUT2D eigenvalue weighted by atomic mass is 32.1. The number of benzene rings is 1. The summed E-state index contributed by atoms with van der Waals surface area (Å²) >= 11 is 1.49. The zero-order valence-corrected chi connectivity index (χ0v) is 9.72. The van der Waals surface area contributed by atoms with Crippen molar-refractivity contribution >= 4 is 28.3 Å². The minimum atomic E-state index is -0.00963. The number of para-hydroxylation sites is 2. The van der Waals surface area contributed by atoms with E-state index in [2.05, 4.69) is 9.97 Å². The van der Waals surface area contributed by atoms with Gasteiger partial charge in [-0.1, -0.05) is 12.1 Å². The van der Waals surface area contributed by atoms with Crippen LogP contribution in [0.25, 0.3) is 11.0 Å². The molecule has 0 aliphatic rings. The van der Waals surface area contributed by atoms with Crippen molar-refractivity contribution in [3.8, 4) is 0 Å². The van der Waals surface area contributed by atoms with Crippen molar-refractivity contribution in [1.82, 2.24) is 14.5 Å². The van der Waals surface area contributed by atoms with Crippen LogP contribution in [0.4, 0.5) is 0 Å². The van der Waals surface area contributed by atoms with Crippen LogP contribution in [0.15, 0.2) is 41.5 Å². The maximum absolute atomic E-state index is 12.1. The molecule has 1 aromatic carbocycles. The molecule has 0 bridgehead atoms. The van der Waals surface area contributed by atoms with E-state index >= 15 is 0 Å². The van der Waals surface area contributed by atoms with Crippen LogP contribution in [0.2, 0.25) is 0 Å². The third-order valence-corrected chi connectivity index (χ3v) is 3.17. The summed E-state index contributed by atoms with van der Waals surface area (Å²) in [6, 6.07) is 7.59. The number of carbonyl (C=O) groups is 1. The summed E-state index contributed by atoms with van der Waals surface area (Å²) in [6.07, 6.45) is 1.88. The summed E-state index contributed by atoms with van der Waals surface area (Å²) in [7, 11) is 0. The predicted octanol–water partition coefficient (Wildman–Crippen LogP) is 2.38. The molecule has 3 aromatic rings. The van der Waals surface area contributed by atoms with E-state index in [0.29, 0.717) is 6.42 Å². The molecule has 0 amide bonds. The number of carbonyl (C=O) groups excluding carboxylic acids is 1. The third kappa shape index (κ3) is 1.85. The molecule has 0 N–H and O–H groups in total. The van der Waals surface area contributed by atoms with Crippen molar-refractivity contribution < 1.29 is 4.79 Å². The molecule has 0 saturated carbocycles. The van der Waals surface area contributed by atoms with E-state index in [0.717, 1.165) is 16.7 Å². The molecule has 0 atom stereocenters. The van der Waals surface area contributed by atoms with Gasteiger partial charge >= 0.3 is 0 Å². The van der Waals surface area contributed by atoms with Crippen LogP contribution in [-0.2, 0) is 6.42 Å². The molecular weight excluding hydrogens is 234 g/mol. The molecular formula is C12H9N3OS. The Bertz CT molecular complexity index is 657. The fraction of sp³-hybridized carbons (Fsp3) is 0.0833. The van der Waals surface area contributed by atoms with Gasteiger partial charge in [0.2, 0.25) is 5.91 Å². The van der Waals surface area contributed by atoms with Crippen LogP contribution in [0, 0.1) is 0 Å². The lowest BCUT2D eigenvalue weighted by molar-refractivity contribution is 0.0918. The van der Waals surface area contributed by atoms with E-state index < -0.39 is 0 Å². The third-order valence-electron chi connectivity index (χ3n) is 2.54. The van der Waals surface area contributed by atoms with Crippen molar-refractivity contribution in [3.05, 3.63) is 47.2 Å². The van der Waals surface area contributed by atoms with Crippen molar-refractivity contribution in [1.29, 1.82) is 0 Å². The number of aromatic nitrogens is 3. The van der Waals surface area contributed by atoms with Crippen LogP contribution >= 0.6 is 11.3 Å². The molecule has 0 aliphatic heterocycles. The van der Waals surface area contributed by atoms with Crippen molar-refractivity contribution in [2.24, 2.45) is 0 Å². The number of hydrogen-bond donors (Lipinski definition) is 0. The fourth-order valence-electron chi connectivity index (χ4n) is 1.72. The van der Waals surface area contributed by atoms with Gasteiger partial charge in [0.05, 0.1) is 28.7 Å². The topological polar surface area (TPSA) is 47.8 Å². The molecule has 17 heavy (non-hydrogen) atoms. The Balaban J connectivity index is 1.96. The van der Waals surface area contributed by atoms with Crippen LogP contribution in [0.1, 0.15) is 10.5 Å². The normalized spacial score (nSPS) is 10.8. The average molecular weight is 243 g/mol. The number of hydrogen-bond acceptors (Lipinski definition) is 4. The molecule has 84 valence electrons. The molecule has 5 heteroatoms. The molecule has 2 heterocycles. The van der Waals surface area contributed by atoms with Crippen molar-refractivity contribution in [2.45, 2.75) is 6.42 Å². The molecule has 0 radical (unpaired) electrons. The van der Waals surface area contributed by atoms with Gasteiger partial charge in [0.25, 0.3) is 0 Å². The van der Waals surface area contributed by atoms with Gasteiger partial charge in [-0.05, 0) is 12.1 Å². The summed E-state index contributed by atoms with van der Waals surface area (Å²) in [5, 5.41) is 1.89. The molecule has 4 nitrogen and oxygen atoms in total. The summed E-state index contributed by atoms with van der Waals surface area (Å²) in [6.45, 7) is 0. The second-order valence-corrected chi connectivity index (χ2v) is 4.37. The van der Waals surface area contributed by atoms with E-state index in [1.807, 2.05) is 29.6 Å². The molecule has 0 fully saturated rings. The molecule has 0 unspecified atom stereocenters. The quantitative estimate of drug-likeness (QED) is 0.694. The largest absolute Gasteiger partial charge is 0.274 e. The first-order chi connectivity index (χ1) is 8.34. The van der Waals surface area contributed by atoms with Crippen molar-refractivity contribution in [3.63, 3.8) is 0 Å². The van der Waals surface area contributed by atoms with Gasteiger partial charge in [-0.25, -0.2) is 9.97 Å². The lowest BCUT2D eigenvalue weighted by Gasteiger charge is -2.00. The maximum Gasteiger partial charge on any atom is 0.238 e. The van der Waals surface area contributed by atoms with E-state index in [1.165, 1.54) is 11.3 Å². The smallest absolute Gasteiger partial charge is 0.238 e. The first-order valence-electron chi connectivity index (χ1n) is 5.17. The fourth-order valence-corrected chi connectivity index (χ4v) is 2.28. The Morgan fingerprint density at radius 1 is 1.29 bits per heavy atom. The molecule has 0 aliphatic carbocycles. The van der Waals surface area contributed by atoms with Gasteiger partial charge in [0.1, 0.15) is 6.33 Å². The van der Waals surface area contributed by atoms with Gasteiger partial charge in [-0.2, -0.15) is 0 Å². The Morgan fingerprint density at radius 3 is 3.00 bits per heavy atom. The molecule has 0 saturated heterocycles. The minimum Gasteiger partial charge on any atom is -0.274 e. The number of imidazole rings is 1. The van der Waals surface area contributed by atoms with Gasteiger partial charge < -0.3 is 0 Å². The highest BCUT2D eigenvalue weighted by molar-refractivity contribution is 7.07. The van der Waals surface area contributed by atoms with Crippen LogP contribution < -0.4 is 0 Å². The monoisotopic (exact) mass is 243 g/mol. The zero-order valence-electron chi connectivity index (χ0n) is 8.91. The second-order valence-electron chi connectivity index (χ2n) is 3.65. The van der Waals surface area contributed by atoms with Crippen LogP contribution in [0.3, 0.4) is 0 Å². The van der Waals surface area contributed by atoms with Crippen LogP contribution in [-0.4, -0.2) is 20.4 Å². The number of nitrogens with zero attached hydrogens (tertiary/aromatic N) is 3. The standard InChI is InChI=1S/C12H9N3OS/c16-12(5-9-6-17-8-14-9)15-7-13-10-3-1-2-4-11(10)15/h1-4,6-8H,5H2. The summed E-state index contributed by atoms with van der Waals surface area (Å²) in [5.74, 6) is -0.00963. The maximum atomic E-state index is 12.1. The van der Waals surface area contributed by atoms with Crippen LogP contribution in [0.5, 0.6) is 0 Å². The van der Waals surface area contributed by atoms with Gasteiger partial charge in [0.15, 0.2) is 0 Å². The zero-order chi connectivity index (χ0) is 11.7. The number of fused-ring (bicyclic) bond motifs is 1. The highest BCUT2D eigenvalue weighted by Crippen LogP contribution is 2.13. The SMILES string of the molecule is O=C(Cc1cscn1)n1cnc2ccccc21. The van der Waals surface area contributed by atoms with Gasteiger partial charge in [-0.15, -0.1) is 11.3 Å². The number of rotatable bonds is 2. The second kappa shape index (κ2) is 4.10. The summed E-state index contributed by atoms with van der Waals surface area (Å²) < 4.78 is 1.58. The average Bonchev–Trinajstić information content (AvgIpc) is 2.96. The van der Waals surface area contributed by atoms with E-state index in [1.54, 1.807) is 16.4 Å². The Morgan fingerprint density at radius 2 is 2.18 bits per heavy atom. The number of thiazole rings is 1. The first kappa shape index (κ1) is 10.2. The molecule has 2 aromatic heterocycles. The van der Waals surface area contributed by atoms with E-state index in [9.17, 15) is 4.79 Å². The molecule has 0 spiro atoms. The Labute approximate surface area is 102 Å². The first-order valence-corrected chi connectivity index (χ1v) is 6.11. The highest BCUT2D eigenvalue weighted by Gasteiger charge is 2.11. The Hall–Kier alpha value is -2.01. The van der Waals surface area contributed by atoms with E-state index in [4.69, 9.17) is 0 Å². The summed E-state index contributed by atoms with van der Waals surface area (Å²) in [5.41, 5.74) is 4.21. The van der Waals surface area contributed by atoms with Gasteiger partial charge in [-0.3, -0.25) is 9.36 Å². The van der Waals surface area contributed by atoms with E-state index in [-0.39, 0.29) is 5.91 Å². The molecule has 3 rings (SSSR count).